The second-order valence-corrected chi connectivity index (χ2v) is 7.78. The van der Waals surface area contributed by atoms with Crippen LogP contribution in [0.2, 0.25) is 0 Å². The normalized spacial score (nSPS) is 12.4. The molecule has 0 aliphatic rings. The number of phenolic OH excluding ortho intramolecular Hbond substituents is 1. The van der Waals surface area contributed by atoms with Crippen LogP contribution in [-0.2, 0) is 10.8 Å². The maximum absolute atomic E-state index is 10.6. The fourth-order valence-corrected chi connectivity index (χ4v) is 2.29. The Morgan fingerprint density at radius 2 is 1.48 bits per heavy atom. The largest absolute Gasteiger partial charge is 0.505 e. The highest BCUT2D eigenvalue weighted by Crippen LogP contribution is 2.41. The SMILES string of the molecule is CCC(CC)=Nc1cc(C(C)(C)C)cc(C(C)(C)C)c1O. The molecule has 1 aromatic rings. The van der Waals surface area contributed by atoms with Crippen molar-refractivity contribution in [2.24, 2.45) is 4.99 Å². The van der Waals surface area contributed by atoms with E-state index < -0.39 is 0 Å². The van der Waals surface area contributed by atoms with Gasteiger partial charge in [0, 0.05) is 11.3 Å². The first-order valence-corrected chi connectivity index (χ1v) is 7.95. The number of rotatable bonds is 3. The summed E-state index contributed by atoms with van der Waals surface area (Å²) in [6.07, 6.45) is 1.83. The third-order valence-corrected chi connectivity index (χ3v) is 3.86. The highest BCUT2D eigenvalue weighted by Gasteiger charge is 2.24. The molecule has 0 spiro atoms. The summed E-state index contributed by atoms with van der Waals surface area (Å²) < 4.78 is 0. The zero-order valence-electron chi connectivity index (χ0n) is 15.0. The lowest BCUT2D eigenvalue weighted by molar-refractivity contribution is 0.446. The molecule has 0 aliphatic heterocycles. The highest BCUT2D eigenvalue weighted by molar-refractivity contribution is 5.87. The van der Waals surface area contributed by atoms with Crippen molar-refractivity contribution in [2.45, 2.75) is 79.1 Å². The lowest BCUT2D eigenvalue weighted by Crippen LogP contribution is -2.16. The predicted molar refractivity (Wildman–Crippen MR) is 93.2 cm³/mol. The molecule has 0 bridgehead atoms. The quantitative estimate of drug-likeness (QED) is 0.692. The Hall–Kier alpha value is -1.31. The minimum atomic E-state index is -0.103. The van der Waals surface area contributed by atoms with E-state index in [9.17, 15) is 5.11 Å². The van der Waals surface area contributed by atoms with Crippen LogP contribution in [0.25, 0.3) is 0 Å². The molecule has 0 radical (unpaired) electrons. The van der Waals surface area contributed by atoms with Crippen molar-refractivity contribution in [3.8, 4) is 5.75 Å². The van der Waals surface area contributed by atoms with E-state index in [0.29, 0.717) is 11.4 Å². The van der Waals surface area contributed by atoms with E-state index in [-0.39, 0.29) is 10.8 Å². The molecular formula is C19H31NO. The van der Waals surface area contributed by atoms with Gasteiger partial charge < -0.3 is 5.11 Å². The number of hydrogen-bond acceptors (Lipinski definition) is 2. The van der Waals surface area contributed by atoms with Gasteiger partial charge in [0.25, 0.3) is 0 Å². The number of aromatic hydroxyl groups is 1. The Morgan fingerprint density at radius 1 is 0.952 bits per heavy atom. The highest BCUT2D eigenvalue weighted by atomic mass is 16.3. The van der Waals surface area contributed by atoms with Gasteiger partial charge in [-0.1, -0.05) is 61.5 Å². The Balaban J connectivity index is 3.60. The van der Waals surface area contributed by atoms with E-state index in [1.165, 1.54) is 5.56 Å². The summed E-state index contributed by atoms with van der Waals surface area (Å²) in [6.45, 7) is 17.2. The first kappa shape index (κ1) is 17.7. The van der Waals surface area contributed by atoms with Crippen molar-refractivity contribution < 1.29 is 5.11 Å². The summed E-state index contributed by atoms with van der Waals surface area (Å²) in [7, 11) is 0. The molecular weight excluding hydrogens is 258 g/mol. The second-order valence-electron chi connectivity index (χ2n) is 7.78. The van der Waals surface area contributed by atoms with Gasteiger partial charge in [-0.25, -0.2) is 0 Å². The van der Waals surface area contributed by atoms with E-state index in [4.69, 9.17) is 4.99 Å². The molecule has 0 amide bonds. The van der Waals surface area contributed by atoms with Crippen LogP contribution in [0.3, 0.4) is 0 Å². The predicted octanol–water partition coefficient (Wildman–Crippen LogP) is 5.88. The van der Waals surface area contributed by atoms with E-state index in [1.807, 2.05) is 6.07 Å². The zero-order chi connectivity index (χ0) is 16.4. The lowest BCUT2D eigenvalue weighted by Gasteiger charge is -2.26. The number of hydrogen-bond donors (Lipinski definition) is 1. The van der Waals surface area contributed by atoms with Crippen molar-refractivity contribution >= 4 is 11.4 Å². The Bertz CT molecular complexity index is 522. The molecule has 0 atom stereocenters. The van der Waals surface area contributed by atoms with Gasteiger partial charge in [0.1, 0.15) is 11.4 Å². The monoisotopic (exact) mass is 289 g/mol. The molecule has 1 N–H and O–H groups in total. The summed E-state index contributed by atoms with van der Waals surface area (Å²) >= 11 is 0. The third kappa shape index (κ3) is 4.33. The molecule has 0 saturated heterocycles. The first-order valence-electron chi connectivity index (χ1n) is 7.95. The summed E-state index contributed by atoms with van der Waals surface area (Å²) in [5.74, 6) is 0.329. The average Bonchev–Trinajstić information content (AvgIpc) is 2.34. The fraction of sp³-hybridized carbons (Fsp3) is 0.632. The van der Waals surface area contributed by atoms with Crippen LogP contribution in [0, 0.1) is 0 Å². The van der Waals surface area contributed by atoms with Crippen LogP contribution in [0.15, 0.2) is 17.1 Å². The average molecular weight is 289 g/mol. The van der Waals surface area contributed by atoms with Gasteiger partial charge >= 0.3 is 0 Å². The molecule has 0 fully saturated rings. The summed E-state index contributed by atoms with van der Waals surface area (Å²) in [5.41, 5.74) is 3.96. The maximum atomic E-state index is 10.6. The molecule has 21 heavy (non-hydrogen) atoms. The van der Waals surface area contributed by atoms with E-state index in [0.717, 1.165) is 24.1 Å². The standard InChI is InChI=1S/C19H31NO/c1-9-14(10-2)20-16-12-13(18(3,4)5)11-15(17(16)21)19(6,7)8/h11-12,21H,9-10H2,1-8H3. The van der Waals surface area contributed by atoms with Crippen LogP contribution in [-0.4, -0.2) is 10.8 Å². The first-order chi connectivity index (χ1) is 9.50. The summed E-state index contributed by atoms with van der Waals surface area (Å²) in [6, 6.07) is 4.17. The lowest BCUT2D eigenvalue weighted by atomic mass is 9.80. The maximum Gasteiger partial charge on any atom is 0.144 e. The van der Waals surface area contributed by atoms with Crippen LogP contribution < -0.4 is 0 Å². The minimum absolute atomic E-state index is 0.0383. The molecule has 0 saturated carbocycles. The zero-order valence-corrected chi connectivity index (χ0v) is 15.0. The topological polar surface area (TPSA) is 32.6 Å². The molecule has 2 heteroatoms. The van der Waals surface area contributed by atoms with Crippen LogP contribution in [0.1, 0.15) is 79.4 Å². The molecule has 118 valence electrons. The van der Waals surface area contributed by atoms with Gasteiger partial charge in [0.05, 0.1) is 0 Å². The van der Waals surface area contributed by atoms with Gasteiger partial charge in [-0.3, -0.25) is 4.99 Å². The van der Waals surface area contributed by atoms with Gasteiger partial charge in [-0.2, -0.15) is 0 Å². The van der Waals surface area contributed by atoms with E-state index in [1.54, 1.807) is 0 Å². The summed E-state index contributed by atoms with van der Waals surface area (Å²) in [5, 5.41) is 10.6. The minimum Gasteiger partial charge on any atom is -0.505 e. The van der Waals surface area contributed by atoms with Crippen molar-refractivity contribution in [2.75, 3.05) is 0 Å². The third-order valence-electron chi connectivity index (χ3n) is 3.86. The number of benzene rings is 1. The van der Waals surface area contributed by atoms with E-state index >= 15 is 0 Å². The molecule has 1 rings (SSSR count). The molecule has 2 nitrogen and oxygen atoms in total. The van der Waals surface area contributed by atoms with Crippen molar-refractivity contribution in [3.05, 3.63) is 23.3 Å². The van der Waals surface area contributed by atoms with Crippen molar-refractivity contribution in [3.63, 3.8) is 0 Å². The van der Waals surface area contributed by atoms with Gasteiger partial charge in [0.2, 0.25) is 0 Å². The molecule has 0 heterocycles. The Kier molecular flexibility index (Phi) is 5.25. The van der Waals surface area contributed by atoms with Gasteiger partial charge in [-0.15, -0.1) is 0 Å². The van der Waals surface area contributed by atoms with Crippen molar-refractivity contribution in [1.29, 1.82) is 0 Å². The smallest absolute Gasteiger partial charge is 0.144 e. The second kappa shape index (κ2) is 6.21. The Labute approximate surface area is 130 Å². The number of aliphatic imine (C=N–C) groups is 1. The number of nitrogens with zero attached hydrogens (tertiary/aromatic N) is 1. The van der Waals surface area contributed by atoms with Gasteiger partial charge in [-0.05, 0) is 35.3 Å². The molecule has 0 aromatic heterocycles. The van der Waals surface area contributed by atoms with Crippen LogP contribution in [0.5, 0.6) is 5.75 Å². The molecule has 1 aromatic carbocycles. The molecule has 0 unspecified atom stereocenters. The summed E-state index contributed by atoms with van der Waals surface area (Å²) in [4.78, 5) is 4.71. The molecule has 0 aliphatic carbocycles. The van der Waals surface area contributed by atoms with Gasteiger partial charge in [0.15, 0.2) is 0 Å². The fourth-order valence-electron chi connectivity index (χ4n) is 2.29. The Morgan fingerprint density at radius 3 is 1.86 bits per heavy atom. The van der Waals surface area contributed by atoms with E-state index in [2.05, 4.69) is 61.5 Å². The van der Waals surface area contributed by atoms with Crippen LogP contribution >= 0.6 is 0 Å². The van der Waals surface area contributed by atoms with Crippen molar-refractivity contribution in [1.82, 2.24) is 0 Å². The van der Waals surface area contributed by atoms with Crippen LogP contribution in [0.4, 0.5) is 5.69 Å². The number of phenols is 1.